The molecule has 7 heteroatoms. The molecule has 3 rings (SSSR count). The van der Waals surface area contributed by atoms with Crippen LogP contribution in [0.1, 0.15) is 28.8 Å². The fourth-order valence-electron chi connectivity index (χ4n) is 3.30. The molecule has 3 amide bonds. The number of benzene rings is 2. The topological polar surface area (TPSA) is 78.5 Å². The number of piperidine rings is 1. The first-order valence-corrected chi connectivity index (χ1v) is 10.0. The van der Waals surface area contributed by atoms with Crippen molar-refractivity contribution in [2.24, 2.45) is 0 Å². The maximum atomic E-state index is 12.3. The van der Waals surface area contributed by atoms with Gasteiger partial charge in [-0.05, 0) is 42.7 Å². The molecular weight excluding hydrogens is 390 g/mol. The largest absolute Gasteiger partial charge is 0.353 e. The molecule has 6 nitrogen and oxygen atoms in total. The Labute approximate surface area is 175 Å². The number of likely N-dealkylation sites (tertiary alicyclic amines) is 1. The van der Waals surface area contributed by atoms with Gasteiger partial charge < -0.3 is 15.5 Å². The van der Waals surface area contributed by atoms with E-state index in [4.69, 9.17) is 11.6 Å². The van der Waals surface area contributed by atoms with E-state index >= 15 is 0 Å². The Balaban J connectivity index is 1.38. The second-order valence-corrected chi connectivity index (χ2v) is 7.51. The predicted molar refractivity (Wildman–Crippen MR) is 112 cm³/mol. The molecule has 0 aliphatic carbocycles. The number of halogens is 1. The Morgan fingerprint density at radius 3 is 2.28 bits per heavy atom. The number of amides is 3. The van der Waals surface area contributed by atoms with Crippen LogP contribution in [-0.2, 0) is 16.0 Å². The number of rotatable bonds is 6. The van der Waals surface area contributed by atoms with E-state index in [9.17, 15) is 14.4 Å². The fraction of sp³-hybridized carbons (Fsp3) is 0.318. The van der Waals surface area contributed by atoms with Crippen molar-refractivity contribution in [2.45, 2.75) is 25.3 Å². The average molecular weight is 414 g/mol. The molecule has 2 N–H and O–H groups in total. The molecule has 1 aliphatic heterocycles. The lowest BCUT2D eigenvalue weighted by Crippen LogP contribution is -2.49. The van der Waals surface area contributed by atoms with E-state index in [2.05, 4.69) is 10.6 Å². The summed E-state index contributed by atoms with van der Waals surface area (Å²) in [4.78, 5) is 38.3. The van der Waals surface area contributed by atoms with Gasteiger partial charge in [-0.1, -0.05) is 41.9 Å². The molecular formula is C22H24ClN3O3. The summed E-state index contributed by atoms with van der Waals surface area (Å²) in [5, 5.41) is 6.34. The third-order valence-corrected chi connectivity index (χ3v) is 5.18. The molecule has 29 heavy (non-hydrogen) atoms. The van der Waals surface area contributed by atoms with Crippen LogP contribution in [0.15, 0.2) is 54.6 Å². The Morgan fingerprint density at radius 2 is 1.62 bits per heavy atom. The van der Waals surface area contributed by atoms with Crippen molar-refractivity contribution in [3.05, 3.63) is 70.7 Å². The van der Waals surface area contributed by atoms with Gasteiger partial charge in [-0.2, -0.15) is 0 Å². The molecule has 0 atom stereocenters. The van der Waals surface area contributed by atoms with Crippen molar-refractivity contribution in [3.63, 3.8) is 0 Å². The summed E-state index contributed by atoms with van der Waals surface area (Å²) >= 11 is 5.86. The summed E-state index contributed by atoms with van der Waals surface area (Å²) in [6.07, 6.45) is 1.71. The van der Waals surface area contributed by atoms with E-state index in [1.807, 2.05) is 18.2 Å². The molecule has 0 aromatic heterocycles. The van der Waals surface area contributed by atoms with Crippen molar-refractivity contribution < 1.29 is 14.4 Å². The lowest BCUT2D eigenvalue weighted by molar-refractivity contribution is -0.131. The first-order valence-electron chi connectivity index (χ1n) is 9.66. The number of hydrogen-bond acceptors (Lipinski definition) is 3. The SMILES string of the molecule is O=C(Cc1ccc(Cl)cc1)NC1CCN(C(=O)CNC(=O)c2ccccc2)CC1. The van der Waals surface area contributed by atoms with Gasteiger partial charge in [0.25, 0.3) is 5.91 Å². The van der Waals surface area contributed by atoms with E-state index in [0.717, 1.165) is 5.56 Å². The molecule has 2 aromatic rings. The van der Waals surface area contributed by atoms with Gasteiger partial charge >= 0.3 is 0 Å². The number of hydrogen-bond donors (Lipinski definition) is 2. The summed E-state index contributed by atoms with van der Waals surface area (Å²) in [6.45, 7) is 1.10. The van der Waals surface area contributed by atoms with Crippen molar-refractivity contribution >= 4 is 29.3 Å². The van der Waals surface area contributed by atoms with Crippen molar-refractivity contribution in [2.75, 3.05) is 19.6 Å². The third-order valence-electron chi connectivity index (χ3n) is 4.93. The quantitative estimate of drug-likeness (QED) is 0.763. The standard InChI is InChI=1S/C22H24ClN3O3/c23-18-8-6-16(7-9-18)14-20(27)25-19-10-12-26(13-11-19)21(28)15-24-22(29)17-4-2-1-3-5-17/h1-9,19H,10-15H2,(H,24,29)(H,25,27). The highest BCUT2D eigenvalue weighted by molar-refractivity contribution is 6.30. The van der Waals surface area contributed by atoms with E-state index in [-0.39, 0.29) is 30.3 Å². The summed E-state index contributed by atoms with van der Waals surface area (Å²) in [5.74, 6) is -0.407. The Morgan fingerprint density at radius 1 is 0.966 bits per heavy atom. The molecule has 0 radical (unpaired) electrons. The second-order valence-electron chi connectivity index (χ2n) is 7.07. The molecule has 0 saturated carbocycles. The van der Waals surface area contributed by atoms with Gasteiger partial charge in [0, 0.05) is 29.7 Å². The minimum absolute atomic E-state index is 0.0265. The van der Waals surface area contributed by atoms with Gasteiger partial charge in [-0.15, -0.1) is 0 Å². The van der Waals surface area contributed by atoms with Crippen LogP contribution in [0.3, 0.4) is 0 Å². The molecule has 0 spiro atoms. The highest BCUT2D eigenvalue weighted by atomic mass is 35.5. The van der Waals surface area contributed by atoms with Gasteiger partial charge in [-0.25, -0.2) is 0 Å². The van der Waals surface area contributed by atoms with Gasteiger partial charge in [0.1, 0.15) is 0 Å². The van der Waals surface area contributed by atoms with Gasteiger partial charge in [-0.3, -0.25) is 14.4 Å². The molecule has 152 valence electrons. The van der Waals surface area contributed by atoms with E-state index < -0.39 is 0 Å². The molecule has 0 bridgehead atoms. The Kier molecular flexibility index (Phi) is 7.25. The van der Waals surface area contributed by atoms with Crippen LogP contribution in [0.25, 0.3) is 0 Å². The van der Waals surface area contributed by atoms with Crippen LogP contribution in [0, 0.1) is 0 Å². The lowest BCUT2D eigenvalue weighted by Gasteiger charge is -2.32. The normalized spacial score (nSPS) is 14.3. The van der Waals surface area contributed by atoms with Crippen molar-refractivity contribution in [1.82, 2.24) is 15.5 Å². The van der Waals surface area contributed by atoms with E-state index in [1.54, 1.807) is 41.3 Å². The number of nitrogens with zero attached hydrogens (tertiary/aromatic N) is 1. The molecule has 0 unspecified atom stereocenters. The molecule has 1 heterocycles. The summed E-state index contributed by atoms with van der Waals surface area (Å²) in [7, 11) is 0. The van der Waals surface area contributed by atoms with Gasteiger partial charge in [0.2, 0.25) is 11.8 Å². The van der Waals surface area contributed by atoms with E-state index in [1.165, 1.54) is 0 Å². The van der Waals surface area contributed by atoms with Crippen LogP contribution < -0.4 is 10.6 Å². The highest BCUT2D eigenvalue weighted by Gasteiger charge is 2.24. The van der Waals surface area contributed by atoms with Gasteiger partial charge in [0.05, 0.1) is 13.0 Å². The highest BCUT2D eigenvalue weighted by Crippen LogP contribution is 2.12. The Bertz CT molecular complexity index is 847. The maximum Gasteiger partial charge on any atom is 0.251 e. The van der Waals surface area contributed by atoms with Crippen molar-refractivity contribution in [3.8, 4) is 0 Å². The van der Waals surface area contributed by atoms with Crippen molar-refractivity contribution in [1.29, 1.82) is 0 Å². The lowest BCUT2D eigenvalue weighted by atomic mass is 10.0. The zero-order valence-corrected chi connectivity index (χ0v) is 16.8. The van der Waals surface area contributed by atoms with Crippen LogP contribution in [0.5, 0.6) is 0 Å². The fourth-order valence-corrected chi connectivity index (χ4v) is 3.42. The second kappa shape index (κ2) is 10.1. The number of carbonyl (C=O) groups excluding carboxylic acids is 3. The monoisotopic (exact) mass is 413 g/mol. The predicted octanol–water partition coefficient (Wildman–Crippen LogP) is 2.42. The summed E-state index contributed by atoms with van der Waals surface area (Å²) in [6, 6.07) is 16.1. The maximum absolute atomic E-state index is 12.3. The number of carbonyl (C=O) groups is 3. The summed E-state index contributed by atoms with van der Waals surface area (Å²) < 4.78 is 0. The van der Waals surface area contributed by atoms with Crippen LogP contribution in [0.4, 0.5) is 0 Å². The van der Waals surface area contributed by atoms with E-state index in [0.29, 0.717) is 42.9 Å². The Hall–Kier alpha value is -2.86. The molecule has 1 aliphatic rings. The van der Waals surface area contributed by atoms with Crippen LogP contribution in [-0.4, -0.2) is 48.3 Å². The first-order chi connectivity index (χ1) is 14.0. The summed E-state index contributed by atoms with van der Waals surface area (Å²) in [5.41, 5.74) is 1.44. The number of nitrogens with one attached hydrogen (secondary N) is 2. The third kappa shape index (κ3) is 6.32. The zero-order valence-electron chi connectivity index (χ0n) is 16.1. The minimum atomic E-state index is -0.261. The van der Waals surface area contributed by atoms with Crippen LogP contribution >= 0.6 is 11.6 Å². The van der Waals surface area contributed by atoms with Gasteiger partial charge in [0.15, 0.2) is 0 Å². The average Bonchev–Trinajstić information content (AvgIpc) is 2.74. The molecule has 1 saturated heterocycles. The van der Waals surface area contributed by atoms with Crippen LogP contribution in [0.2, 0.25) is 5.02 Å². The smallest absolute Gasteiger partial charge is 0.251 e. The first kappa shape index (κ1) is 20.9. The zero-order chi connectivity index (χ0) is 20.6. The minimum Gasteiger partial charge on any atom is -0.353 e. The molecule has 1 fully saturated rings. The molecule has 2 aromatic carbocycles.